The summed E-state index contributed by atoms with van der Waals surface area (Å²) >= 11 is 4.42. The van der Waals surface area contributed by atoms with Gasteiger partial charge in [-0.2, -0.15) is 0 Å². The predicted molar refractivity (Wildman–Crippen MR) is 70.7 cm³/mol. The van der Waals surface area contributed by atoms with Crippen LogP contribution in [0.4, 0.5) is 10.5 Å². The quantitative estimate of drug-likeness (QED) is 0.474. The van der Waals surface area contributed by atoms with Gasteiger partial charge in [0.15, 0.2) is 0 Å². The lowest BCUT2D eigenvalue weighted by atomic mass is 10.2. The fourth-order valence-electron chi connectivity index (χ4n) is 1.71. The van der Waals surface area contributed by atoms with Crippen molar-refractivity contribution in [2.24, 2.45) is 4.99 Å². The van der Waals surface area contributed by atoms with Crippen LogP contribution in [-0.4, -0.2) is 35.2 Å². The second kappa shape index (κ2) is 5.08. The van der Waals surface area contributed by atoms with Crippen LogP contribution in [0.1, 0.15) is 5.56 Å². The summed E-state index contributed by atoms with van der Waals surface area (Å²) in [5.74, 6) is -0.283. The highest BCUT2D eigenvalue weighted by Gasteiger charge is 2.36. The fraction of sp³-hybridized carbons (Fsp3) is 0.250. The molecule has 1 fully saturated rings. The lowest BCUT2D eigenvalue weighted by Gasteiger charge is -2.15. The molecule has 0 N–H and O–H groups in total. The summed E-state index contributed by atoms with van der Waals surface area (Å²) in [7, 11) is 0. The molecule has 1 saturated heterocycles. The first kappa shape index (κ1) is 12.4. The number of urea groups is 1. The Morgan fingerprint density at radius 1 is 1.33 bits per heavy atom. The lowest BCUT2D eigenvalue weighted by molar-refractivity contribution is -0.124. The fourth-order valence-corrected chi connectivity index (χ4v) is 1.76. The molecule has 1 heterocycles. The number of aryl methyl sites for hydroxylation is 1. The van der Waals surface area contributed by atoms with Gasteiger partial charge in [-0.15, -0.1) is 0 Å². The van der Waals surface area contributed by atoms with Crippen LogP contribution in [-0.2, 0) is 4.79 Å². The molecule has 0 bridgehead atoms. The molecule has 1 aromatic rings. The maximum absolute atomic E-state index is 12.0. The third-order valence-electron chi connectivity index (χ3n) is 2.68. The van der Waals surface area contributed by atoms with Crippen molar-refractivity contribution in [3.63, 3.8) is 0 Å². The highest BCUT2D eigenvalue weighted by atomic mass is 32.1. The van der Waals surface area contributed by atoms with E-state index in [0.717, 1.165) is 10.5 Å². The number of hydrogen-bond donors (Lipinski definition) is 0. The molecule has 0 atom stereocenters. The first-order valence-corrected chi connectivity index (χ1v) is 5.76. The zero-order chi connectivity index (χ0) is 13.1. The van der Waals surface area contributed by atoms with Crippen molar-refractivity contribution in [2.45, 2.75) is 6.92 Å². The third kappa shape index (κ3) is 2.30. The minimum atomic E-state index is -0.377. The van der Waals surface area contributed by atoms with E-state index in [2.05, 4.69) is 22.4 Å². The van der Waals surface area contributed by atoms with E-state index >= 15 is 0 Å². The highest BCUT2D eigenvalue weighted by molar-refractivity contribution is 7.78. The molecule has 0 aromatic heterocycles. The Balaban J connectivity index is 2.22. The van der Waals surface area contributed by atoms with Gasteiger partial charge in [-0.3, -0.25) is 9.69 Å². The molecule has 6 heteroatoms. The van der Waals surface area contributed by atoms with Crippen LogP contribution in [0.5, 0.6) is 0 Å². The number of imide groups is 1. The second-order valence-electron chi connectivity index (χ2n) is 3.92. The number of hydrogen-bond acceptors (Lipinski definition) is 4. The van der Waals surface area contributed by atoms with Crippen molar-refractivity contribution in [3.8, 4) is 0 Å². The molecule has 0 unspecified atom stereocenters. The van der Waals surface area contributed by atoms with Gasteiger partial charge in [0, 0.05) is 5.69 Å². The maximum atomic E-state index is 12.0. The molecular weight excluding hydrogens is 250 g/mol. The Hall–Kier alpha value is -2.04. The van der Waals surface area contributed by atoms with Gasteiger partial charge in [-0.25, -0.2) is 14.7 Å². The van der Waals surface area contributed by atoms with Gasteiger partial charge in [0.25, 0.3) is 5.91 Å². The van der Waals surface area contributed by atoms with Crippen molar-refractivity contribution in [3.05, 3.63) is 29.8 Å². The van der Waals surface area contributed by atoms with Gasteiger partial charge in [0.2, 0.25) is 0 Å². The lowest BCUT2D eigenvalue weighted by Crippen LogP contribution is -2.33. The monoisotopic (exact) mass is 261 g/mol. The molecule has 1 aromatic carbocycles. The van der Waals surface area contributed by atoms with Gasteiger partial charge in [-0.05, 0) is 31.3 Å². The van der Waals surface area contributed by atoms with Crippen LogP contribution in [0.25, 0.3) is 0 Å². The maximum Gasteiger partial charge on any atom is 0.333 e. The standard InChI is InChI=1S/C12H11N3O2S/c1-9-2-4-10(5-3-9)14-6-11(16)15(12(14)17)7-13-8-18/h2-5H,6-7H2,1H3. The molecule has 0 saturated carbocycles. The number of benzene rings is 1. The largest absolute Gasteiger partial charge is 0.333 e. The Morgan fingerprint density at radius 3 is 2.61 bits per heavy atom. The summed E-state index contributed by atoms with van der Waals surface area (Å²) in [4.78, 5) is 29.8. The number of isothiocyanates is 1. The van der Waals surface area contributed by atoms with Gasteiger partial charge >= 0.3 is 6.03 Å². The zero-order valence-corrected chi connectivity index (χ0v) is 10.6. The summed E-state index contributed by atoms with van der Waals surface area (Å²) in [5, 5.41) is 2.14. The smallest absolute Gasteiger partial charge is 0.284 e. The van der Waals surface area contributed by atoms with Crippen molar-refractivity contribution < 1.29 is 9.59 Å². The number of carbonyl (C=O) groups excluding carboxylic acids is 2. The number of aliphatic imine (C=N–C) groups is 1. The third-order valence-corrected chi connectivity index (χ3v) is 2.81. The number of amides is 3. The van der Waals surface area contributed by atoms with Gasteiger partial charge in [0.05, 0.1) is 5.16 Å². The summed E-state index contributed by atoms with van der Waals surface area (Å²) in [5.41, 5.74) is 1.80. The molecule has 18 heavy (non-hydrogen) atoms. The molecule has 1 aliphatic rings. The van der Waals surface area contributed by atoms with Crippen LogP contribution in [0.15, 0.2) is 29.3 Å². The number of anilines is 1. The topological polar surface area (TPSA) is 53.0 Å². The Labute approximate surface area is 110 Å². The van der Waals surface area contributed by atoms with E-state index in [1.807, 2.05) is 31.2 Å². The molecule has 2 rings (SSSR count). The van der Waals surface area contributed by atoms with Crippen LogP contribution >= 0.6 is 12.2 Å². The van der Waals surface area contributed by atoms with E-state index < -0.39 is 0 Å². The van der Waals surface area contributed by atoms with Crippen LogP contribution in [0.3, 0.4) is 0 Å². The highest BCUT2D eigenvalue weighted by Crippen LogP contribution is 2.21. The van der Waals surface area contributed by atoms with E-state index in [0.29, 0.717) is 5.69 Å². The van der Waals surface area contributed by atoms with Crippen LogP contribution in [0, 0.1) is 6.92 Å². The van der Waals surface area contributed by atoms with E-state index in [9.17, 15) is 9.59 Å². The van der Waals surface area contributed by atoms with E-state index in [1.54, 1.807) is 0 Å². The molecule has 1 aliphatic heterocycles. The first-order valence-electron chi connectivity index (χ1n) is 5.35. The summed E-state index contributed by atoms with van der Waals surface area (Å²) in [6.45, 7) is 1.93. The average molecular weight is 261 g/mol. The van der Waals surface area contributed by atoms with Gasteiger partial charge in [-0.1, -0.05) is 17.7 Å². The minimum absolute atomic E-state index is 0.0366. The normalized spacial score (nSPS) is 14.9. The van der Waals surface area contributed by atoms with E-state index in [-0.39, 0.29) is 25.2 Å². The summed E-state index contributed by atoms with van der Waals surface area (Å²) in [6, 6.07) is 7.03. The summed E-state index contributed by atoms with van der Waals surface area (Å²) < 4.78 is 0. The number of nitrogens with zero attached hydrogens (tertiary/aromatic N) is 3. The Bertz CT molecular complexity index is 535. The van der Waals surface area contributed by atoms with Gasteiger partial charge < -0.3 is 0 Å². The molecule has 5 nitrogen and oxygen atoms in total. The number of rotatable bonds is 3. The molecule has 3 amide bonds. The number of carbonyl (C=O) groups is 2. The van der Waals surface area contributed by atoms with E-state index in [1.165, 1.54) is 4.90 Å². The Morgan fingerprint density at radius 2 is 2.00 bits per heavy atom. The van der Waals surface area contributed by atoms with Crippen LogP contribution in [0.2, 0.25) is 0 Å². The first-order chi connectivity index (χ1) is 8.63. The Kier molecular flexibility index (Phi) is 3.50. The van der Waals surface area contributed by atoms with Gasteiger partial charge in [0.1, 0.15) is 13.2 Å². The molecule has 0 spiro atoms. The second-order valence-corrected chi connectivity index (χ2v) is 4.10. The molecule has 92 valence electrons. The van der Waals surface area contributed by atoms with E-state index in [4.69, 9.17) is 0 Å². The van der Waals surface area contributed by atoms with Crippen molar-refractivity contribution in [1.29, 1.82) is 0 Å². The SMILES string of the molecule is Cc1ccc(N2CC(=O)N(CN=C=S)C2=O)cc1. The van der Waals surface area contributed by atoms with Crippen molar-refractivity contribution in [2.75, 3.05) is 18.1 Å². The molecule has 0 radical (unpaired) electrons. The summed E-state index contributed by atoms with van der Waals surface area (Å²) in [6.07, 6.45) is 0. The predicted octanol–water partition coefficient (Wildman–Crippen LogP) is 1.82. The van der Waals surface area contributed by atoms with Crippen molar-refractivity contribution >= 4 is 35.0 Å². The average Bonchev–Trinajstić information content (AvgIpc) is 2.64. The molecule has 0 aliphatic carbocycles. The minimum Gasteiger partial charge on any atom is -0.284 e. The zero-order valence-electron chi connectivity index (χ0n) is 9.79. The van der Waals surface area contributed by atoms with Crippen LogP contribution < -0.4 is 4.90 Å². The number of thiocarbonyl (C=S) groups is 1. The van der Waals surface area contributed by atoms with Crippen molar-refractivity contribution in [1.82, 2.24) is 4.90 Å². The molecular formula is C12H11N3O2S.